The molecule has 0 aromatic carbocycles. The second-order valence-electron chi connectivity index (χ2n) is 2.09. The molecule has 10 heavy (non-hydrogen) atoms. The average molecular weight is 155 g/mol. The van der Waals surface area contributed by atoms with E-state index < -0.39 is 0 Å². The molecule has 1 N–H and O–H groups in total. The summed E-state index contributed by atoms with van der Waals surface area (Å²) in [4.78, 5) is 1.23. The van der Waals surface area contributed by atoms with Crippen molar-refractivity contribution < 1.29 is 5.21 Å². The van der Waals surface area contributed by atoms with Gasteiger partial charge in [-0.05, 0) is 18.4 Å². The van der Waals surface area contributed by atoms with E-state index >= 15 is 0 Å². The Hall–Kier alpha value is -0.830. The van der Waals surface area contributed by atoms with Crippen molar-refractivity contribution in [2.24, 2.45) is 5.16 Å². The molecule has 2 nitrogen and oxygen atoms in total. The van der Waals surface area contributed by atoms with E-state index in [1.807, 2.05) is 17.5 Å². The fourth-order valence-corrected chi connectivity index (χ4v) is 1.48. The Morgan fingerprint density at radius 2 is 2.60 bits per heavy atom. The van der Waals surface area contributed by atoms with Crippen LogP contribution in [0, 0.1) is 0 Å². The van der Waals surface area contributed by atoms with Crippen molar-refractivity contribution in [2.75, 3.05) is 0 Å². The second kappa shape index (κ2) is 3.37. The van der Waals surface area contributed by atoms with Crippen LogP contribution < -0.4 is 0 Å². The van der Waals surface area contributed by atoms with Crippen molar-refractivity contribution in [3.8, 4) is 0 Å². The van der Waals surface area contributed by atoms with Crippen molar-refractivity contribution in [1.29, 1.82) is 0 Å². The maximum Gasteiger partial charge on any atom is 0.0591 e. The molecule has 1 aromatic heterocycles. The van der Waals surface area contributed by atoms with Gasteiger partial charge in [0.25, 0.3) is 0 Å². The van der Waals surface area contributed by atoms with E-state index in [4.69, 9.17) is 5.21 Å². The van der Waals surface area contributed by atoms with E-state index in [0.717, 1.165) is 12.1 Å². The Bertz CT molecular complexity index is 216. The number of thiophene rings is 1. The minimum absolute atomic E-state index is 0.752. The summed E-state index contributed by atoms with van der Waals surface area (Å²) in [6.07, 6.45) is 0.758. The standard InChI is InChI=1S/C7H9NOS/c1-6(8-9)5-7-3-2-4-10-7/h2-4,9H,5H2,1H3/b8-6-. The zero-order valence-electron chi connectivity index (χ0n) is 5.74. The minimum Gasteiger partial charge on any atom is -0.411 e. The van der Waals surface area contributed by atoms with Crippen LogP contribution in [0.4, 0.5) is 0 Å². The van der Waals surface area contributed by atoms with Gasteiger partial charge in [0.2, 0.25) is 0 Å². The van der Waals surface area contributed by atoms with Gasteiger partial charge in [-0.1, -0.05) is 11.2 Å². The van der Waals surface area contributed by atoms with Crippen LogP contribution in [-0.4, -0.2) is 10.9 Å². The summed E-state index contributed by atoms with van der Waals surface area (Å²) >= 11 is 1.67. The number of oxime groups is 1. The van der Waals surface area contributed by atoms with E-state index in [-0.39, 0.29) is 0 Å². The first-order valence-corrected chi connectivity index (χ1v) is 3.91. The Balaban J connectivity index is 2.56. The monoisotopic (exact) mass is 155 g/mol. The SMILES string of the molecule is C/C(Cc1cccs1)=N/O. The molecule has 0 aliphatic heterocycles. The zero-order chi connectivity index (χ0) is 7.40. The number of hydrogen-bond donors (Lipinski definition) is 1. The molecule has 0 unspecified atom stereocenters. The molecule has 0 spiro atoms. The van der Waals surface area contributed by atoms with Crippen LogP contribution in [0.25, 0.3) is 0 Å². The average Bonchev–Trinajstić information content (AvgIpc) is 2.40. The smallest absolute Gasteiger partial charge is 0.0591 e. The topological polar surface area (TPSA) is 32.6 Å². The first-order valence-electron chi connectivity index (χ1n) is 3.03. The summed E-state index contributed by atoms with van der Waals surface area (Å²) in [5.41, 5.74) is 0.752. The molecule has 1 rings (SSSR count). The fraction of sp³-hybridized carbons (Fsp3) is 0.286. The molecular weight excluding hydrogens is 146 g/mol. The Kier molecular flexibility index (Phi) is 2.45. The van der Waals surface area contributed by atoms with Gasteiger partial charge < -0.3 is 5.21 Å². The highest BCUT2D eigenvalue weighted by molar-refractivity contribution is 7.10. The van der Waals surface area contributed by atoms with Crippen molar-refractivity contribution in [3.05, 3.63) is 22.4 Å². The lowest BCUT2D eigenvalue weighted by molar-refractivity contribution is 0.318. The molecule has 0 amide bonds. The van der Waals surface area contributed by atoms with E-state index in [1.54, 1.807) is 18.3 Å². The van der Waals surface area contributed by atoms with E-state index in [1.165, 1.54) is 4.88 Å². The molecule has 3 heteroatoms. The molecule has 1 heterocycles. The first-order chi connectivity index (χ1) is 4.83. The minimum atomic E-state index is 0.752. The molecule has 0 atom stereocenters. The van der Waals surface area contributed by atoms with E-state index in [9.17, 15) is 0 Å². The van der Waals surface area contributed by atoms with Crippen molar-refractivity contribution in [3.63, 3.8) is 0 Å². The van der Waals surface area contributed by atoms with E-state index in [0.29, 0.717) is 0 Å². The van der Waals surface area contributed by atoms with Crippen LogP contribution in [0.3, 0.4) is 0 Å². The van der Waals surface area contributed by atoms with Crippen LogP contribution in [0.1, 0.15) is 11.8 Å². The lowest BCUT2D eigenvalue weighted by atomic mass is 10.2. The molecule has 0 saturated heterocycles. The van der Waals surface area contributed by atoms with Crippen LogP contribution in [0.2, 0.25) is 0 Å². The maximum absolute atomic E-state index is 8.33. The Labute approximate surface area is 63.8 Å². The van der Waals surface area contributed by atoms with E-state index in [2.05, 4.69) is 5.16 Å². The summed E-state index contributed by atoms with van der Waals surface area (Å²) in [6.45, 7) is 1.81. The molecule has 0 radical (unpaired) electrons. The second-order valence-corrected chi connectivity index (χ2v) is 3.12. The third-order valence-electron chi connectivity index (χ3n) is 1.18. The van der Waals surface area contributed by atoms with Gasteiger partial charge in [0.05, 0.1) is 5.71 Å². The van der Waals surface area contributed by atoms with Crippen LogP contribution in [0.5, 0.6) is 0 Å². The molecule has 0 aliphatic rings. The zero-order valence-corrected chi connectivity index (χ0v) is 6.56. The normalized spacial score (nSPS) is 11.9. The summed E-state index contributed by atoms with van der Waals surface area (Å²) in [7, 11) is 0. The first kappa shape index (κ1) is 7.28. The summed E-state index contributed by atoms with van der Waals surface area (Å²) in [5.74, 6) is 0. The van der Waals surface area contributed by atoms with Crippen molar-refractivity contribution >= 4 is 17.0 Å². The van der Waals surface area contributed by atoms with Gasteiger partial charge >= 0.3 is 0 Å². The van der Waals surface area contributed by atoms with Gasteiger partial charge in [-0.3, -0.25) is 0 Å². The number of rotatable bonds is 2. The molecule has 0 saturated carbocycles. The molecule has 0 aliphatic carbocycles. The number of hydrogen-bond acceptors (Lipinski definition) is 3. The predicted octanol–water partition coefficient (Wildman–Crippen LogP) is 2.14. The van der Waals surface area contributed by atoms with Crippen molar-refractivity contribution in [2.45, 2.75) is 13.3 Å². The van der Waals surface area contributed by atoms with Crippen LogP contribution in [-0.2, 0) is 6.42 Å². The van der Waals surface area contributed by atoms with Gasteiger partial charge in [-0.15, -0.1) is 11.3 Å². The molecule has 0 fully saturated rings. The highest BCUT2D eigenvalue weighted by Crippen LogP contribution is 2.09. The van der Waals surface area contributed by atoms with Gasteiger partial charge in [-0.2, -0.15) is 0 Å². The van der Waals surface area contributed by atoms with Gasteiger partial charge in [-0.25, -0.2) is 0 Å². The van der Waals surface area contributed by atoms with Crippen LogP contribution >= 0.6 is 11.3 Å². The summed E-state index contributed by atoms with van der Waals surface area (Å²) < 4.78 is 0. The highest BCUT2D eigenvalue weighted by Gasteiger charge is 1.95. The van der Waals surface area contributed by atoms with Crippen molar-refractivity contribution in [1.82, 2.24) is 0 Å². The third kappa shape index (κ3) is 1.84. The van der Waals surface area contributed by atoms with Gasteiger partial charge in [0.15, 0.2) is 0 Å². The lowest BCUT2D eigenvalue weighted by Crippen LogP contribution is -1.93. The third-order valence-corrected chi connectivity index (χ3v) is 2.06. The summed E-state index contributed by atoms with van der Waals surface area (Å²) in [5, 5.41) is 13.4. The molecule has 1 aromatic rings. The molecular formula is C7H9NOS. The maximum atomic E-state index is 8.33. The molecule has 54 valence electrons. The fourth-order valence-electron chi connectivity index (χ4n) is 0.701. The quantitative estimate of drug-likeness (QED) is 0.396. The Morgan fingerprint density at radius 1 is 1.80 bits per heavy atom. The highest BCUT2D eigenvalue weighted by atomic mass is 32.1. The Morgan fingerprint density at radius 3 is 3.10 bits per heavy atom. The summed E-state index contributed by atoms with van der Waals surface area (Å²) in [6, 6.07) is 4.02. The lowest BCUT2D eigenvalue weighted by Gasteiger charge is -1.91. The predicted molar refractivity (Wildman–Crippen MR) is 42.9 cm³/mol. The molecule has 0 bridgehead atoms. The van der Waals surface area contributed by atoms with Gasteiger partial charge in [0.1, 0.15) is 0 Å². The van der Waals surface area contributed by atoms with Gasteiger partial charge in [0, 0.05) is 11.3 Å². The van der Waals surface area contributed by atoms with Crippen LogP contribution in [0.15, 0.2) is 22.7 Å². The largest absolute Gasteiger partial charge is 0.411 e. The number of nitrogens with zero attached hydrogens (tertiary/aromatic N) is 1.